The molecule has 0 bridgehead atoms. The van der Waals surface area contributed by atoms with E-state index in [1.54, 1.807) is 24.3 Å². The van der Waals surface area contributed by atoms with Crippen molar-refractivity contribution in [3.8, 4) is 17.0 Å². The minimum absolute atomic E-state index is 0.0948. The molecule has 3 aromatic rings. The molecule has 9 heteroatoms. The first-order valence-corrected chi connectivity index (χ1v) is 10.2. The Balaban J connectivity index is 1.51. The number of ether oxygens (including phenoxy) is 1. The van der Waals surface area contributed by atoms with Gasteiger partial charge in [0.05, 0.1) is 23.4 Å². The van der Waals surface area contributed by atoms with Crippen LogP contribution in [0.15, 0.2) is 60.8 Å². The number of benzene rings is 2. The molecule has 1 N–H and O–H groups in total. The standard InChI is InChI=1S/C23H18ClF3N2O3/c24-19-4-2-1-3-17(19)14-5-7-20(18(11-14)22(30)31)29-10-9-16(13-29)32-21-8-6-15(12-28-21)23(25,26)27/h1-8,11-12,16H,9-10,13H2,(H,30,31). The van der Waals surface area contributed by atoms with Crippen molar-refractivity contribution in [1.82, 2.24) is 4.98 Å². The molecule has 0 radical (unpaired) electrons. The van der Waals surface area contributed by atoms with E-state index in [1.807, 2.05) is 23.1 Å². The summed E-state index contributed by atoms with van der Waals surface area (Å²) in [6.07, 6.45) is -3.48. The first-order chi connectivity index (χ1) is 15.2. The molecule has 0 amide bonds. The van der Waals surface area contributed by atoms with Crippen LogP contribution >= 0.6 is 11.6 Å². The molecule has 1 unspecified atom stereocenters. The van der Waals surface area contributed by atoms with Gasteiger partial charge >= 0.3 is 12.1 Å². The molecule has 166 valence electrons. The fourth-order valence-electron chi connectivity index (χ4n) is 3.68. The molecule has 1 aromatic heterocycles. The first kappa shape index (κ1) is 22.0. The van der Waals surface area contributed by atoms with Crippen molar-refractivity contribution in [2.75, 3.05) is 18.0 Å². The maximum absolute atomic E-state index is 12.7. The van der Waals surface area contributed by atoms with Crippen molar-refractivity contribution in [2.24, 2.45) is 0 Å². The van der Waals surface area contributed by atoms with Crippen LogP contribution in [0.4, 0.5) is 18.9 Å². The number of aromatic carboxylic acids is 1. The molecule has 32 heavy (non-hydrogen) atoms. The number of hydrogen-bond donors (Lipinski definition) is 1. The van der Waals surface area contributed by atoms with Gasteiger partial charge in [0.25, 0.3) is 0 Å². The summed E-state index contributed by atoms with van der Waals surface area (Å²) in [6.45, 7) is 0.922. The quantitative estimate of drug-likeness (QED) is 0.521. The summed E-state index contributed by atoms with van der Waals surface area (Å²) < 4.78 is 43.8. The fourth-order valence-corrected chi connectivity index (χ4v) is 3.92. The van der Waals surface area contributed by atoms with Crippen LogP contribution in [0.2, 0.25) is 5.02 Å². The average Bonchev–Trinajstić information content (AvgIpc) is 3.21. The molecule has 2 aromatic carbocycles. The maximum Gasteiger partial charge on any atom is 0.417 e. The summed E-state index contributed by atoms with van der Waals surface area (Å²) in [5.41, 5.74) is 1.26. The molecule has 1 aliphatic rings. The highest BCUT2D eigenvalue weighted by Crippen LogP contribution is 2.34. The molecule has 0 aliphatic carbocycles. The fraction of sp³-hybridized carbons (Fsp3) is 0.217. The summed E-state index contributed by atoms with van der Waals surface area (Å²) in [5, 5.41) is 10.3. The van der Waals surface area contributed by atoms with Crippen molar-refractivity contribution < 1.29 is 27.8 Å². The smallest absolute Gasteiger partial charge is 0.417 e. The summed E-state index contributed by atoms with van der Waals surface area (Å²) in [4.78, 5) is 17.6. The van der Waals surface area contributed by atoms with Gasteiger partial charge in [-0.05, 0) is 29.8 Å². The van der Waals surface area contributed by atoms with Crippen LogP contribution in [0.3, 0.4) is 0 Å². The Morgan fingerprint density at radius 3 is 2.59 bits per heavy atom. The number of rotatable bonds is 5. The van der Waals surface area contributed by atoms with E-state index in [4.69, 9.17) is 16.3 Å². The van der Waals surface area contributed by atoms with Crippen LogP contribution in [0.1, 0.15) is 22.3 Å². The zero-order valence-corrected chi connectivity index (χ0v) is 17.4. The number of nitrogens with zero attached hydrogens (tertiary/aromatic N) is 2. The molecule has 0 spiro atoms. The van der Waals surface area contributed by atoms with Gasteiger partial charge in [-0.15, -0.1) is 0 Å². The second kappa shape index (κ2) is 8.70. The van der Waals surface area contributed by atoms with Crippen molar-refractivity contribution in [2.45, 2.75) is 18.7 Å². The van der Waals surface area contributed by atoms with Gasteiger partial charge in [-0.2, -0.15) is 13.2 Å². The van der Waals surface area contributed by atoms with Gasteiger partial charge in [0.2, 0.25) is 5.88 Å². The highest BCUT2D eigenvalue weighted by atomic mass is 35.5. The topological polar surface area (TPSA) is 62.7 Å². The van der Waals surface area contributed by atoms with Gasteiger partial charge < -0.3 is 14.7 Å². The molecule has 0 saturated carbocycles. The molecule has 5 nitrogen and oxygen atoms in total. The Morgan fingerprint density at radius 1 is 1.16 bits per heavy atom. The number of alkyl halides is 3. The zero-order chi connectivity index (χ0) is 22.9. The molecule has 1 fully saturated rings. The lowest BCUT2D eigenvalue weighted by molar-refractivity contribution is -0.137. The van der Waals surface area contributed by atoms with Gasteiger partial charge in [-0.1, -0.05) is 35.9 Å². The van der Waals surface area contributed by atoms with Gasteiger partial charge in [0.15, 0.2) is 0 Å². The summed E-state index contributed by atoms with van der Waals surface area (Å²) in [7, 11) is 0. The monoisotopic (exact) mass is 462 g/mol. The molecule has 2 heterocycles. The van der Waals surface area contributed by atoms with E-state index in [0.29, 0.717) is 35.8 Å². The highest BCUT2D eigenvalue weighted by molar-refractivity contribution is 6.33. The van der Waals surface area contributed by atoms with Crippen LogP contribution in [-0.2, 0) is 6.18 Å². The summed E-state index contributed by atoms with van der Waals surface area (Å²) in [6, 6.07) is 14.4. The molecule has 1 saturated heterocycles. The van der Waals surface area contributed by atoms with E-state index in [1.165, 1.54) is 6.07 Å². The number of halogens is 4. The molecule has 1 aliphatic heterocycles. The van der Waals surface area contributed by atoms with Gasteiger partial charge in [-0.3, -0.25) is 0 Å². The van der Waals surface area contributed by atoms with Crippen LogP contribution < -0.4 is 9.64 Å². The molecular formula is C23H18ClF3N2O3. The minimum Gasteiger partial charge on any atom is -0.478 e. The van der Waals surface area contributed by atoms with Crippen molar-refractivity contribution >= 4 is 23.3 Å². The molecule has 1 atom stereocenters. The van der Waals surface area contributed by atoms with Gasteiger partial charge in [-0.25, -0.2) is 9.78 Å². The molecular weight excluding hydrogens is 445 g/mol. The summed E-state index contributed by atoms with van der Waals surface area (Å²) >= 11 is 6.25. The lowest BCUT2D eigenvalue weighted by Gasteiger charge is -2.21. The Labute approximate surface area is 187 Å². The van der Waals surface area contributed by atoms with Crippen molar-refractivity contribution in [1.29, 1.82) is 0 Å². The minimum atomic E-state index is -4.46. The van der Waals surface area contributed by atoms with Gasteiger partial charge in [0.1, 0.15) is 6.10 Å². The average molecular weight is 463 g/mol. The lowest BCUT2D eigenvalue weighted by Crippen LogP contribution is -2.26. The number of aromatic nitrogens is 1. The number of hydrogen-bond acceptors (Lipinski definition) is 4. The second-order valence-electron chi connectivity index (χ2n) is 7.37. The maximum atomic E-state index is 12.7. The first-order valence-electron chi connectivity index (χ1n) is 9.79. The predicted molar refractivity (Wildman–Crippen MR) is 114 cm³/mol. The van der Waals surface area contributed by atoms with Crippen LogP contribution in [0.5, 0.6) is 5.88 Å². The predicted octanol–water partition coefficient (Wildman–Crippen LogP) is 5.78. The third-order valence-corrected chi connectivity index (χ3v) is 5.58. The van der Waals surface area contributed by atoms with Crippen molar-refractivity contribution in [3.05, 3.63) is 76.9 Å². The second-order valence-corrected chi connectivity index (χ2v) is 7.78. The SMILES string of the molecule is O=C(O)c1cc(-c2ccccc2Cl)ccc1N1CCC(Oc2ccc(C(F)(F)F)cn2)C1. The zero-order valence-electron chi connectivity index (χ0n) is 16.6. The Hall–Kier alpha value is -3.26. The van der Waals surface area contributed by atoms with Crippen LogP contribution in [0, 0.1) is 0 Å². The number of pyridine rings is 1. The number of anilines is 1. The normalized spacial score (nSPS) is 16.2. The highest BCUT2D eigenvalue weighted by Gasteiger charge is 2.31. The summed E-state index contributed by atoms with van der Waals surface area (Å²) in [5.74, 6) is -0.972. The number of carboxylic acid groups (broad SMARTS) is 1. The van der Waals surface area contributed by atoms with E-state index in [2.05, 4.69) is 4.98 Å². The third kappa shape index (κ3) is 4.65. The Bertz CT molecular complexity index is 1140. The van der Waals surface area contributed by atoms with E-state index < -0.39 is 17.7 Å². The number of carboxylic acids is 1. The Kier molecular flexibility index (Phi) is 5.97. The van der Waals surface area contributed by atoms with E-state index >= 15 is 0 Å². The Morgan fingerprint density at radius 2 is 1.94 bits per heavy atom. The van der Waals surface area contributed by atoms with Crippen molar-refractivity contribution in [3.63, 3.8) is 0 Å². The van der Waals surface area contributed by atoms with Gasteiger partial charge in [0, 0.05) is 35.8 Å². The molecule has 4 rings (SSSR count). The van der Waals surface area contributed by atoms with E-state index in [0.717, 1.165) is 17.8 Å². The third-order valence-electron chi connectivity index (χ3n) is 5.25. The van der Waals surface area contributed by atoms with Crippen LogP contribution in [0.25, 0.3) is 11.1 Å². The van der Waals surface area contributed by atoms with E-state index in [9.17, 15) is 23.1 Å². The lowest BCUT2D eigenvalue weighted by atomic mass is 10.0. The largest absolute Gasteiger partial charge is 0.478 e. The van der Waals surface area contributed by atoms with Crippen LogP contribution in [-0.4, -0.2) is 35.3 Å². The van der Waals surface area contributed by atoms with E-state index in [-0.39, 0.29) is 17.5 Å². The number of carbonyl (C=O) groups is 1.